The number of rotatable bonds is 6. The van der Waals surface area contributed by atoms with E-state index in [-0.39, 0.29) is 23.1 Å². The van der Waals surface area contributed by atoms with Crippen molar-refractivity contribution in [1.82, 2.24) is 10.1 Å². The number of carbonyl (C=O) groups is 1. The molecule has 1 saturated heterocycles. The summed E-state index contributed by atoms with van der Waals surface area (Å²) in [5.41, 5.74) is 0.987. The van der Waals surface area contributed by atoms with Crippen molar-refractivity contribution < 1.29 is 27.9 Å². The molecule has 0 bridgehead atoms. The Hall–Kier alpha value is -2.48. The van der Waals surface area contributed by atoms with Crippen LogP contribution >= 0.6 is 0 Å². The molecule has 6 nitrogen and oxygen atoms in total. The molecule has 1 unspecified atom stereocenters. The maximum absolute atomic E-state index is 12.7. The summed E-state index contributed by atoms with van der Waals surface area (Å²) >= 11 is 0. The summed E-state index contributed by atoms with van der Waals surface area (Å²) < 4.78 is 35.4. The maximum atomic E-state index is 12.7. The second kappa shape index (κ2) is 8.71. The average molecular weight is 422 g/mol. The number of benzene rings is 1. The van der Waals surface area contributed by atoms with Crippen LogP contribution in [0.5, 0.6) is 5.75 Å². The van der Waals surface area contributed by atoms with Crippen molar-refractivity contribution in [2.75, 3.05) is 13.1 Å². The van der Waals surface area contributed by atoms with Crippen molar-refractivity contribution in [2.45, 2.75) is 46.8 Å². The fourth-order valence-corrected chi connectivity index (χ4v) is 3.92. The molecule has 1 aliphatic rings. The molecule has 164 valence electrons. The highest BCUT2D eigenvalue weighted by molar-refractivity contribution is 5.70. The van der Waals surface area contributed by atoms with E-state index >= 15 is 0 Å². The van der Waals surface area contributed by atoms with Crippen LogP contribution < -0.4 is 4.74 Å². The third-order valence-electron chi connectivity index (χ3n) is 5.93. The monoisotopic (exact) mass is 422 g/mol. The highest BCUT2D eigenvalue weighted by atomic mass is 19.3. The van der Waals surface area contributed by atoms with Gasteiger partial charge in [0.1, 0.15) is 11.4 Å². The summed E-state index contributed by atoms with van der Waals surface area (Å²) in [4.78, 5) is 13.8. The van der Waals surface area contributed by atoms with Crippen LogP contribution in [0, 0.1) is 17.3 Å². The van der Waals surface area contributed by atoms with Crippen molar-refractivity contribution in [3.05, 3.63) is 36.0 Å². The van der Waals surface area contributed by atoms with Gasteiger partial charge in [0.15, 0.2) is 5.76 Å². The summed E-state index contributed by atoms with van der Waals surface area (Å²) in [6, 6.07) is 7.91. The number of alkyl halides is 2. The summed E-state index contributed by atoms with van der Waals surface area (Å²) in [6.07, 6.45) is 0.643. The van der Waals surface area contributed by atoms with Crippen LogP contribution in [0.25, 0.3) is 11.3 Å². The van der Waals surface area contributed by atoms with Crippen LogP contribution in [0.4, 0.5) is 8.78 Å². The number of halogens is 2. The average Bonchev–Trinajstić information content (AvgIpc) is 3.16. The predicted octanol–water partition coefficient (Wildman–Crippen LogP) is 5.07. The predicted molar refractivity (Wildman–Crippen MR) is 107 cm³/mol. The van der Waals surface area contributed by atoms with Crippen LogP contribution in [-0.4, -0.2) is 40.8 Å². The summed E-state index contributed by atoms with van der Waals surface area (Å²) in [6.45, 7) is 6.56. The minimum atomic E-state index is -2.94. The van der Waals surface area contributed by atoms with Crippen molar-refractivity contribution in [1.29, 1.82) is 0 Å². The molecular weight excluding hydrogens is 394 g/mol. The SMILES string of the molecule is CC(c1cc(-c2ccccc2OC(F)F)on1)N1C[C@H](C(=O)O)C[C@@H](C(C)(C)C)C1. The van der Waals surface area contributed by atoms with Gasteiger partial charge in [-0.25, -0.2) is 0 Å². The first-order valence-electron chi connectivity index (χ1n) is 10.0. The van der Waals surface area contributed by atoms with E-state index in [0.29, 0.717) is 30.0 Å². The van der Waals surface area contributed by atoms with E-state index in [1.54, 1.807) is 24.3 Å². The van der Waals surface area contributed by atoms with Gasteiger partial charge in [-0.3, -0.25) is 9.69 Å². The Morgan fingerprint density at radius 1 is 1.30 bits per heavy atom. The zero-order valence-electron chi connectivity index (χ0n) is 17.6. The van der Waals surface area contributed by atoms with Crippen LogP contribution in [-0.2, 0) is 4.79 Å². The molecule has 1 aromatic carbocycles. The van der Waals surface area contributed by atoms with Gasteiger partial charge in [-0.05, 0) is 36.8 Å². The molecule has 1 aliphatic heterocycles. The van der Waals surface area contributed by atoms with Crippen molar-refractivity contribution in [3.8, 4) is 17.1 Å². The summed E-state index contributed by atoms with van der Waals surface area (Å²) in [5.74, 6) is -0.676. The van der Waals surface area contributed by atoms with E-state index in [2.05, 4.69) is 35.6 Å². The van der Waals surface area contributed by atoms with Gasteiger partial charge >= 0.3 is 12.6 Å². The number of likely N-dealkylation sites (tertiary alicyclic amines) is 1. The lowest BCUT2D eigenvalue weighted by Gasteiger charge is -2.44. The molecule has 3 rings (SSSR count). The van der Waals surface area contributed by atoms with Gasteiger partial charge in [0.25, 0.3) is 0 Å². The number of piperidine rings is 1. The smallest absolute Gasteiger partial charge is 0.387 e. The van der Waals surface area contributed by atoms with Gasteiger partial charge in [-0.1, -0.05) is 38.1 Å². The van der Waals surface area contributed by atoms with Gasteiger partial charge in [0.05, 0.1) is 17.5 Å². The molecule has 0 spiro atoms. The molecule has 30 heavy (non-hydrogen) atoms. The van der Waals surface area contributed by atoms with Crippen LogP contribution in [0.15, 0.2) is 34.9 Å². The van der Waals surface area contributed by atoms with E-state index < -0.39 is 18.5 Å². The standard InChI is InChI=1S/C22H28F2N2O4/c1-13(26-11-14(20(27)28)9-15(12-26)22(2,3)4)17-10-19(30-25-17)16-7-5-6-8-18(16)29-21(23)24/h5-8,10,13-15,21H,9,11-12H2,1-4H3,(H,27,28)/t13?,14-,15-/m1/s1. The lowest BCUT2D eigenvalue weighted by molar-refractivity contribution is -0.145. The Morgan fingerprint density at radius 2 is 2.00 bits per heavy atom. The Balaban J connectivity index is 1.84. The van der Waals surface area contributed by atoms with E-state index in [1.807, 2.05) is 6.92 Å². The molecule has 2 heterocycles. The number of carboxylic acids is 1. The quantitative estimate of drug-likeness (QED) is 0.700. The van der Waals surface area contributed by atoms with E-state index in [4.69, 9.17) is 4.52 Å². The number of aliphatic carboxylic acids is 1. The Kier molecular flexibility index (Phi) is 6.45. The molecule has 1 fully saturated rings. The topological polar surface area (TPSA) is 75.8 Å². The summed E-state index contributed by atoms with van der Waals surface area (Å²) in [7, 11) is 0. The van der Waals surface area contributed by atoms with Crippen LogP contribution in [0.1, 0.15) is 45.9 Å². The Labute approximate surface area is 174 Å². The molecule has 0 aliphatic carbocycles. The van der Waals surface area contributed by atoms with Crippen LogP contribution in [0.3, 0.4) is 0 Å². The van der Waals surface area contributed by atoms with Crippen molar-refractivity contribution in [2.24, 2.45) is 17.3 Å². The first-order chi connectivity index (χ1) is 14.1. The van der Waals surface area contributed by atoms with Gasteiger partial charge in [0, 0.05) is 19.2 Å². The van der Waals surface area contributed by atoms with Crippen LogP contribution in [0.2, 0.25) is 0 Å². The van der Waals surface area contributed by atoms with Gasteiger partial charge in [-0.2, -0.15) is 8.78 Å². The Morgan fingerprint density at radius 3 is 2.63 bits per heavy atom. The molecule has 0 radical (unpaired) electrons. The molecule has 0 saturated carbocycles. The number of aromatic nitrogens is 1. The third-order valence-corrected chi connectivity index (χ3v) is 5.93. The second-order valence-electron chi connectivity index (χ2n) is 8.95. The zero-order valence-corrected chi connectivity index (χ0v) is 17.6. The minimum Gasteiger partial charge on any atom is -0.481 e. The lowest BCUT2D eigenvalue weighted by atomic mass is 9.73. The zero-order chi connectivity index (χ0) is 22.1. The number of para-hydroxylation sites is 1. The van der Waals surface area contributed by atoms with E-state index in [9.17, 15) is 18.7 Å². The molecule has 1 N–H and O–H groups in total. The number of carboxylic acid groups (broad SMARTS) is 1. The normalized spacial score (nSPS) is 21.6. The molecule has 8 heteroatoms. The number of hydrogen-bond acceptors (Lipinski definition) is 5. The molecule has 1 aromatic heterocycles. The largest absolute Gasteiger partial charge is 0.481 e. The number of nitrogens with zero attached hydrogens (tertiary/aromatic N) is 2. The van der Waals surface area contributed by atoms with Crippen molar-refractivity contribution in [3.63, 3.8) is 0 Å². The lowest BCUT2D eigenvalue weighted by Crippen LogP contribution is -2.47. The van der Waals surface area contributed by atoms with E-state index in [1.165, 1.54) is 6.07 Å². The first kappa shape index (κ1) is 22.2. The van der Waals surface area contributed by atoms with E-state index in [0.717, 1.165) is 6.54 Å². The maximum Gasteiger partial charge on any atom is 0.387 e. The third kappa shape index (κ3) is 4.98. The second-order valence-corrected chi connectivity index (χ2v) is 8.95. The number of ether oxygens (including phenoxy) is 1. The summed E-state index contributed by atoms with van der Waals surface area (Å²) in [5, 5.41) is 13.7. The van der Waals surface area contributed by atoms with Crippen molar-refractivity contribution >= 4 is 5.97 Å². The first-order valence-corrected chi connectivity index (χ1v) is 10.0. The highest BCUT2D eigenvalue weighted by Crippen LogP contribution is 2.39. The molecular formula is C22H28F2N2O4. The molecule has 0 amide bonds. The van der Waals surface area contributed by atoms with Gasteiger partial charge in [0.2, 0.25) is 0 Å². The molecule has 2 aromatic rings. The fraction of sp³-hybridized carbons (Fsp3) is 0.545. The van der Waals surface area contributed by atoms with Gasteiger partial charge in [-0.15, -0.1) is 0 Å². The van der Waals surface area contributed by atoms with Gasteiger partial charge < -0.3 is 14.4 Å². The number of hydrogen-bond donors (Lipinski definition) is 1. The highest BCUT2D eigenvalue weighted by Gasteiger charge is 2.39. The minimum absolute atomic E-state index is 0.0135. The fourth-order valence-electron chi connectivity index (χ4n) is 3.92. The Bertz CT molecular complexity index is 878. The molecule has 3 atom stereocenters.